The molecule has 1 aliphatic rings. The molecule has 0 spiro atoms. The predicted molar refractivity (Wildman–Crippen MR) is 121 cm³/mol. The molecule has 0 aliphatic carbocycles. The van der Waals surface area contributed by atoms with Crippen molar-refractivity contribution in [2.75, 3.05) is 35.5 Å². The number of methoxy groups -OCH3 is 5. The molecule has 0 saturated carbocycles. The van der Waals surface area contributed by atoms with Crippen LogP contribution in [0, 0.1) is 0 Å². The smallest absolute Gasteiger partial charge is 0.203 e. The Bertz CT molecular complexity index is 990. The molecular weight excluding hydrogens is 398 g/mol. The van der Waals surface area contributed by atoms with Gasteiger partial charge in [0.1, 0.15) is 5.84 Å². The molecule has 0 radical (unpaired) electrons. The summed E-state index contributed by atoms with van der Waals surface area (Å²) in [5, 5.41) is 4.40. The second kappa shape index (κ2) is 9.16. The highest BCUT2D eigenvalue weighted by Crippen LogP contribution is 2.38. The van der Waals surface area contributed by atoms with Crippen LogP contribution in [0.3, 0.4) is 0 Å². The van der Waals surface area contributed by atoms with Crippen LogP contribution in [-0.4, -0.2) is 53.1 Å². The molecule has 0 unspecified atom stereocenters. The molecule has 0 fully saturated rings. The van der Waals surface area contributed by atoms with Crippen molar-refractivity contribution in [2.45, 2.75) is 25.8 Å². The zero-order valence-electron chi connectivity index (χ0n) is 19.0. The van der Waals surface area contributed by atoms with Crippen LogP contribution in [0.2, 0.25) is 0 Å². The predicted octanol–water partition coefficient (Wildman–Crippen LogP) is 3.43. The van der Waals surface area contributed by atoms with E-state index in [9.17, 15) is 0 Å². The van der Waals surface area contributed by atoms with E-state index in [4.69, 9.17) is 28.7 Å². The molecule has 0 amide bonds. The van der Waals surface area contributed by atoms with Crippen molar-refractivity contribution in [1.29, 1.82) is 0 Å². The highest BCUT2D eigenvalue weighted by Gasteiger charge is 2.28. The summed E-state index contributed by atoms with van der Waals surface area (Å²) in [5.41, 5.74) is 5.63. The highest BCUT2D eigenvalue weighted by molar-refractivity contribution is 6.02. The van der Waals surface area contributed by atoms with E-state index in [1.165, 1.54) is 0 Å². The Kier molecular flexibility index (Phi) is 6.58. The first-order chi connectivity index (χ1) is 14.8. The summed E-state index contributed by atoms with van der Waals surface area (Å²) in [7, 11) is 7.97. The minimum atomic E-state index is -0.281. The van der Waals surface area contributed by atoms with Crippen LogP contribution in [0.25, 0.3) is 0 Å². The third kappa shape index (κ3) is 4.68. The number of rotatable bonds is 7. The van der Waals surface area contributed by atoms with Gasteiger partial charge in [-0.25, -0.2) is 0 Å². The van der Waals surface area contributed by atoms with Gasteiger partial charge in [-0.2, -0.15) is 5.10 Å². The summed E-state index contributed by atoms with van der Waals surface area (Å²) in [6.07, 6.45) is 2.46. The molecule has 0 aromatic heterocycles. The first kappa shape index (κ1) is 22.3. The monoisotopic (exact) mass is 427 g/mol. The number of ether oxygens (including phenoxy) is 5. The molecule has 0 saturated heterocycles. The van der Waals surface area contributed by atoms with Crippen LogP contribution in [0.15, 0.2) is 34.4 Å². The molecule has 1 aliphatic heterocycles. The van der Waals surface area contributed by atoms with Gasteiger partial charge in [-0.1, -0.05) is 0 Å². The van der Waals surface area contributed by atoms with E-state index in [1.807, 2.05) is 24.3 Å². The molecule has 1 N–H and O–H groups in total. The van der Waals surface area contributed by atoms with Gasteiger partial charge in [-0.3, -0.25) is 10.4 Å². The first-order valence-electron chi connectivity index (χ1n) is 9.80. The van der Waals surface area contributed by atoms with Crippen molar-refractivity contribution in [3.8, 4) is 28.7 Å². The molecule has 0 bridgehead atoms. The first-order valence-corrected chi connectivity index (χ1v) is 9.80. The van der Waals surface area contributed by atoms with Crippen molar-refractivity contribution in [1.82, 2.24) is 5.43 Å². The van der Waals surface area contributed by atoms with Gasteiger partial charge >= 0.3 is 0 Å². The van der Waals surface area contributed by atoms with Gasteiger partial charge in [-0.15, -0.1) is 0 Å². The van der Waals surface area contributed by atoms with Crippen LogP contribution in [0.5, 0.6) is 28.7 Å². The quantitative estimate of drug-likeness (QED) is 0.538. The minimum absolute atomic E-state index is 0.281. The largest absolute Gasteiger partial charge is 0.493 e. The van der Waals surface area contributed by atoms with Crippen molar-refractivity contribution in [3.05, 3.63) is 41.0 Å². The summed E-state index contributed by atoms with van der Waals surface area (Å²) >= 11 is 0. The summed E-state index contributed by atoms with van der Waals surface area (Å²) in [4.78, 5) is 4.84. The Hall–Kier alpha value is -3.42. The summed E-state index contributed by atoms with van der Waals surface area (Å²) in [5.74, 6) is 3.64. The second-order valence-electron chi connectivity index (χ2n) is 7.64. The lowest BCUT2D eigenvalue weighted by molar-refractivity contribution is 0.324. The molecule has 1 heterocycles. The number of hydrogen-bond acceptors (Lipinski definition) is 8. The average molecular weight is 428 g/mol. The summed E-state index contributed by atoms with van der Waals surface area (Å²) in [6.45, 7) is 4.16. The van der Waals surface area contributed by atoms with Crippen LogP contribution in [0.1, 0.15) is 30.5 Å². The van der Waals surface area contributed by atoms with Crippen LogP contribution in [-0.2, 0) is 6.42 Å². The number of hydrazone groups is 1. The third-order valence-electron chi connectivity index (χ3n) is 4.97. The fraction of sp³-hybridized carbons (Fsp3) is 0.391. The number of fused-ring (bicyclic) bond motifs is 1. The Morgan fingerprint density at radius 2 is 1.42 bits per heavy atom. The number of nitrogens with one attached hydrogen (secondary N) is 1. The Balaban J connectivity index is 1.93. The van der Waals surface area contributed by atoms with Crippen molar-refractivity contribution in [3.63, 3.8) is 0 Å². The summed E-state index contributed by atoms with van der Waals surface area (Å²) < 4.78 is 27.1. The molecule has 2 aromatic carbocycles. The summed E-state index contributed by atoms with van der Waals surface area (Å²) in [6, 6.07) is 7.56. The maximum absolute atomic E-state index is 5.46. The van der Waals surface area contributed by atoms with Crippen molar-refractivity contribution >= 4 is 12.1 Å². The lowest BCUT2D eigenvalue weighted by Crippen LogP contribution is -2.34. The zero-order chi connectivity index (χ0) is 22.6. The van der Waals surface area contributed by atoms with Crippen molar-refractivity contribution < 1.29 is 23.7 Å². The lowest BCUT2D eigenvalue weighted by Gasteiger charge is -2.29. The third-order valence-corrected chi connectivity index (χ3v) is 4.97. The Morgan fingerprint density at radius 1 is 0.839 bits per heavy atom. The van der Waals surface area contributed by atoms with Crippen LogP contribution >= 0.6 is 0 Å². The van der Waals surface area contributed by atoms with Gasteiger partial charge in [0.25, 0.3) is 0 Å². The average Bonchev–Trinajstić information content (AvgIpc) is 2.76. The Labute approximate surface area is 182 Å². The van der Waals surface area contributed by atoms with Crippen LogP contribution in [0.4, 0.5) is 0 Å². The zero-order valence-corrected chi connectivity index (χ0v) is 19.0. The van der Waals surface area contributed by atoms with E-state index >= 15 is 0 Å². The Morgan fingerprint density at radius 3 is 1.97 bits per heavy atom. The van der Waals surface area contributed by atoms with E-state index in [0.717, 1.165) is 23.1 Å². The number of hydrogen-bond donors (Lipinski definition) is 1. The molecule has 8 heteroatoms. The fourth-order valence-electron chi connectivity index (χ4n) is 3.59. The highest BCUT2D eigenvalue weighted by atomic mass is 16.5. The van der Waals surface area contributed by atoms with E-state index in [2.05, 4.69) is 24.4 Å². The minimum Gasteiger partial charge on any atom is -0.493 e. The number of benzene rings is 2. The van der Waals surface area contributed by atoms with E-state index in [-0.39, 0.29) is 5.54 Å². The normalized spacial score (nSPS) is 14.5. The molecule has 31 heavy (non-hydrogen) atoms. The van der Waals surface area contributed by atoms with E-state index < -0.39 is 0 Å². The van der Waals surface area contributed by atoms with E-state index in [0.29, 0.717) is 34.6 Å². The topological polar surface area (TPSA) is 82.9 Å². The standard InChI is InChI=1S/C23H29N3O5/c1-23(2)12-15-10-17(27-3)18(28-4)11-16(15)22(25-23)26-24-13-14-8-19(29-5)21(31-7)20(9-14)30-6/h8-11,13H,12H2,1-7H3,(H,25,26)/b24-13-. The molecule has 8 nitrogen and oxygen atoms in total. The maximum atomic E-state index is 5.46. The SMILES string of the molecule is COc1cc2c(cc1OC)C(N/N=C\c1cc(OC)c(OC)c(OC)c1)=NC(C)(C)C2. The van der Waals surface area contributed by atoms with Gasteiger partial charge in [0.15, 0.2) is 23.0 Å². The van der Waals surface area contributed by atoms with E-state index in [1.54, 1.807) is 41.8 Å². The molecule has 0 atom stereocenters. The fourth-order valence-corrected chi connectivity index (χ4v) is 3.59. The molecule has 166 valence electrons. The van der Waals surface area contributed by atoms with Gasteiger partial charge in [0, 0.05) is 11.1 Å². The molecular formula is C23H29N3O5. The van der Waals surface area contributed by atoms with Gasteiger partial charge < -0.3 is 23.7 Å². The molecule has 2 aromatic rings. The number of aliphatic imine (C=N–C) groups is 1. The van der Waals surface area contributed by atoms with Gasteiger partial charge in [0.05, 0.1) is 47.3 Å². The lowest BCUT2D eigenvalue weighted by atomic mass is 9.88. The number of amidine groups is 1. The van der Waals surface area contributed by atoms with Gasteiger partial charge in [-0.05, 0) is 50.1 Å². The van der Waals surface area contributed by atoms with Crippen LogP contribution < -0.4 is 29.1 Å². The van der Waals surface area contributed by atoms with Crippen molar-refractivity contribution in [2.24, 2.45) is 10.1 Å². The second-order valence-corrected chi connectivity index (χ2v) is 7.64. The molecule has 3 rings (SSSR count). The maximum Gasteiger partial charge on any atom is 0.203 e. The van der Waals surface area contributed by atoms with Gasteiger partial charge in [0.2, 0.25) is 5.75 Å². The number of nitrogens with zero attached hydrogens (tertiary/aromatic N) is 2.